The van der Waals surface area contributed by atoms with Crippen molar-refractivity contribution in [3.05, 3.63) is 164 Å². The van der Waals surface area contributed by atoms with Crippen LogP contribution in [0.15, 0.2) is 131 Å². The summed E-state index contributed by atoms with van der Waals surface area (Å²) in [4.78, 5) is 114. The minimum Gasteiger partial charge on any atom is -0.320 e. The van der Waals surface area contributed by atoms with E-state index in [4.69, 9.17) is 35.5 Å². The van der Waals surface area contributed by atoms with Gasteiger partial charge >= 0.3 is 60.6 Å². The summed E-state index contributed by atoms with van der Waals surface area (Å²) in [5.41, 5.74) is 16.6. The number of hydrogen-bond donors (Lipinski definition) is 3. The van der Waals surface area contributed by atoms with Crippen molar-refractivity contribution >= 4 is 133 Å². The normalized spacial score (nSPS) is 16.4. The number of aryl methyl sites for hydroxylation is 2. The minimum atomic E-state index is -0.894. The Bertz CT molecular complexity index is 4210. The second-order valence-corrected chi connectivity index (χ2v) is 37.6. The first-order chi connectivity index (χ1) is 47.2. The predicted molar refractivity (Wildman–Crippen MR) is 390 cm³/mol. The van der Waals surface area contributed by atoms with Crippen molar-refractivity contribution in [3.8, 4) is 0 Å². The molecule has 3 unspecified atom stereocenters. The van der Waals surface area contributed by atoms with Crippen LogP contribution in [0, 0.1) is 5.92 Å². The largest absolute Gasteiger partial charge is 0.373 e. The van der Waals surface area contributed by atoms with E-state index in [9.17, 15) is 33.6 Å². The molecular weight excluding hydrogens is 1510 g/mol. The number of benzene rings is 4. The smallest absolute Gasteiger partial charge is 0.320 e. The van der Waals surface area contributed by atoms with Crippen LogP contribution in [-0.2, 0) is 113 Å². The summed E-state index contributed by atoms with van der Waals surface area (Å²) in [6, 6.07) is 30.7. The summed E-state index contributed by atoms with van der Waals surface area (Å²) >= 11 is 4.64. The number of amides is 6. The first kappa shape index (κ1) is 76.9. The maximum atomic E-state index is 14.4. The van der Waals surface area contributed by atoms with Crippen molar-refractivity contribution in [3.63, 3.8) is 0 Å². The molecule has 4 aromatic carbocycles. The SMILES string of the molecule is CCn1cc(CCNC(=O)OC(C)(C)C)c2ccccc21.CCn1cc(C[C@@H](NC(=O)OC(C)(C)C)C(=O)CC2Cc3cccc(N4CCCC4=O)c3N(Cc3ccsc3)C2=O)c2ccccc21.C[S](Cl)=[W].NC1Cc2cccc(N3CCCC3=O)c2N(Cc2ccsc2)C1=O.O=C=O. The zero-order chi connectivity index (χ0) is 71.7. The van der Waals surface area contributed by atoms with Gasteiger partial charge in [0.2, 0.25) is 23.6 Å². The van der Waals surface area contributed by atoms with E-state index < -0.39 is 35.3 Å². The second-order valence-electron chi connectivity index (χ2n) is 26.3. The van der Waals surface area contributed by atoms with Gasteiger partial charge in [0, 0.05) is 98.5 Å². The Morgan fingerprint density at radius 3 is 1.61 bits per heavy atom. The fraction of sp³-hybridized carbons (Fsp3) is 0.405. The van der Waals surface area contributed by atoms with E-state index in [2.05, 4.69) is 58.0 Å². The number of nitrogens with one attached hydrogen (secondary N) is 2. The molecule has 8 heterocycles. The Labute approximate surface area is 603 Å². The number of thiophene rings is 2. The molecule has 8 aromatic rings. The third kappa shape index (κ3) is 20.6. The van der Waals surface area contributed by atoms with Gasteiger partial charge in [0.25, 0.3) is 0 Å². The van der Waals surface area contributed by atoms with Crippen molar-refractivity contribution < 1.29 is 70.6 Å². The second kappa shape index (κ2) is 35.4. The molecule has 0 bridgehead atoms. The molecule has 4 atom stereocenters. The molecule has 0 aliphatic carbocycles. The molecule has 20 nitrogen and oxygen atoms in total. The maximum absolute atomic E-state index is 14.4. The van der Waals surface area contributed by atoms with Gasteiger partial charge in [-0.25, -0.2) is 9.59 Å². The number of ketones is 1. The zero-order valence-corrected chi connectivity index (χ0v) is 63.6. The third-order valence-corrected chi connectivity index (χ3v) is 18.3. The summed E-state index contributed by atoms with van der Waals surface area (Å²) in [5.74, 6) is -0.909. The standard InChI is InChI=1S/C37H42N4O5S.C18H19N3O2S.C17H24N2O2.CH3ClS.CO2.W/c1-5-39-22-27(28-11-6-7-12-30(28)39)19-29(38-36(45)46-37(2,3)4)32(42)20-26-18-25-10-8-13-31(40-16-9-14-33(40)43)34(25)41(35(26)44)21-24-15-17-47-23-24;19-14-9-13-3-1-4-15(20-7-2-5-16(20)22)17(13)21(18(14)23)10-12-6-8-24-11-12;1-5-19-12-13(14-8-6-7-9-15(14)19)10-11-18-16(20)21-17(2,3)4;1-3-2;2-1-3;/h6-8,10-13,15,17,22-23,26,29H,5,9,14,16,18-21H2,1-4H3,(H,38,45);1,3-4,6,8,11,14H,2,5,7,9-10,19H2;6-9,12H,5,10-11H2,1-4H3,(H,18,20);1H3;;/t26?,29-;;;;;/m1...../s1. The van der Waals surface area contributed by atoms with Gasteiger partial charge in [0.15, 0.2) is 5.78 Å². The van der Waals surface area contributed by atoms with E-state index in [1.807, 2.05) is 139 Å². The average molecular weight is 1600 g/mol. The molecule has 25 heteroatoms. The fourth-order valence-corrected chi connectivity index (χ4v) is 14.0. The Morgan fingerprint density at radius 2 is 1.14 bits per heavy atom. The van der Waals surface area contributed by atoms with Gasteiger partial charge in [-0.15, -0.1) is 0 Å². The molecule has 6 amide bonds. The molecule has 12 rings (SSSR count). The van der Waals surface area contributed by atoms with Crippen molar-refractivity contribution in [2.75, 3.05) is 45.5 Å². The third-order valence-electron chi connectivity index (χ3n) is 16.8. The summed E-state index contributed by atoms with van der Waals surface area (Å²) in [6.07, 6.45) is 10.0. The van der Waals surface area contributed by atoms with Crippen LogP contribution in [-0.4, -0.2) is 106 Å². The summed E-state index contributed by atoms with van der Waals surface area (Å²) in [7, 11) is 5.53. The monoisotopic (exact) mass is 1590 g/mol. The predicted octanol–water partition coefficient (Wildman–Crippen LogP) is 13.6. The van der Waals surface area contributed by atoms with Crippen LogP contribution >= 0.6 is 40.7 Å². The van der Waals surface area contributed by atoms with Crippen LogP contribution in [0.2, 0.25) is 0 Å². The van der Waals surface area contributed by atoms with E-state index in [0.717, 1.165) is 93.8 Å². The summed E-state index contributed by atoms with van der Waals surface area (Å²) < 4.78 is 15.2. The van der Waals surface area contributed by atoms with Gasteiger partial charge in [0.1, 0.15) is 11.2 Å². The number of alkyl carbamates (subject to hydrolysis) is 2. The molecule has 0 saturated carbocycles. The van der Waals surface area contributed by atoms with Crippen LogP contribution in [0.1, 0.15) is 121 Å². The van der Waals surface area contributed by atoms with Crippen molar-refractivity contribution in [1.29, 1.82) is 0 Å². The maximum Gasteiger partial charge on any atom is 0.373 e. The fourth-order valence-electron chi connectivity index (χ4n) is 12.7. The number of hydrogen-bond acceptors (Lipinski definition) is 14. The molecular formula is C74H88ClN9O11S3W. The van der Waals surface area contributed by atoms with Crippen molar-refractivity contribution in [2.24, 2.45) is 11.7 Å². The first-order valence-electron chi connectivity index (χ1n) is 33.1. The van der Waals surface area contributed by atoms with E-state index >= 15 is 0 Å². The van der Waals surface area contributed by atoms with E-state index in [1.165, 1.54) is 34.5 Å². The number of carbonyl (C=O) groups is 7. The number of aromatic nitrogens is 2. The van der Waals surface area contributed by atoms with Crippen molar-refractivity contribution in [1.82, 2.24) is 19.8 Å². The number of nitrogens with two attached hydrogens (primary N) is 1. The first-order valence-corrected chi connectivity index (χ1v) is 41.0. The molecule has 4 aliphatic rings. The number of nitrogens with zero attached hydrogens (tertiary/aromatic N) is 6. The Balaban J connectivity index is 0.000000200. The number of para-hydroxylation sites is 4. The minimum absolute atomic E-state index is 0.0435. The average Bonchev–Trinajstić information content (AvgIpc) is 1.38. The summed E-state index contributed by atoms with van der Waals surface area (Å²) in [6.45, 7) is 19.6. The van der Waals surface area contributed by atoms with Crippen LogP contribution in [0.25, 0.3) is 21.8 Å². The van der Waals surface area contributed by atoms with Crippen LogP contribution in [0.4, 0.5) is 32.3 Å². The van der Waals surface area contributed by atoms with E-state index in [-0.39, 0.29) is 61.8 Å². The van der Waals surface area contributed by atoms with Crippen LogP contribution in [0.5, 0.6) is 0 Å². The molecule has 4 aliphatic heterocycles. The number of Topliss-reactive ketones (excluding diaryl/α,β-unsaturated/α-hetero) is 1. The van der Waals surface area contributed by atoms with Crippen LogP contribution < -0.4 is 36.0 Å². The number of halogens is 1. The molecule has 526 valence electrons. The van der Waals surface area contributed by atoms with Gasteiger partial charge < -0.3 is 54.6 Å². The molecule has 4 N–H and O–H groups in total. The van der Waals surface area contributed by atoms with Crippen LogP contribution in [0.3, 0.4) is 0 Å². The number of ether oxygens (including phenoxy) is 2. The van der Waals surface area contributed by atoms with E-state index in [1.54, 1.807) is 58.1 Å². The molecule has 0 radical (unpaired) electrons. The van der Waals surface area contributed by atoms with Gasteiger partial charge in [-0.2, -0.15) is 32.3 Å². The molecule has 99 heavy (non-hydrogen) atoms. The number of rotatable bonds is 17. The zero-order valence-electron chi connectivity index (χ0n) is 57.5. The molecule has 0 spiro atoms. The molecule has 4 aromatic heterocycles. The number of fused-ring (bicyclic) bond motifs is 4. The van der Waals surface area contributed by atoms with E-state index in [0.29, 0.717) is 58.4 Å². The Kier molecular flexibility index (Phi) is 27.5. The van der Waals surface area contributed by atoms with Gasteiger partial charge in [-0.05, 0) is 179 Å². The van der Waals surface area contributed by atoms with Gasteiger partial charge in [0.05, 0.1) is 47.9 Å². The van der Waals surface area contributed by atoms with Gasteiger partial charge in [-0.1, -0.05) is 60.7 Å². The summed E-state index contributed by atoms with van der Waals surface area (Å²) in [5, 5.41) is 16.0. The Hall–Kier alpha value is -7.88. The number of anilines is 4. The number of carbonyl (C=O) groups excluding carboxylic acids is 9. The van der Waals surface area contributed by atoms with Crippen molar-refractivity contribution in [2.45, 2.75) is 163 Å². The Morgan fingerprint density at radius 1 is 0.677 bits per heavy atom. The quantitative estimate of drug-likeness (QED) is 0.0771. The topological polar surface area (TPSA) is 245 Å². The molecule has 2 saturated heterocycles. The molecule has 2 fully saturated rings. The van der Waals surface area contributed by atoms with Gasteiger partial charge in [-0.3, -0.25) is 24.0 Å².